The van der Waals surface area contributed by atoms with Gasteiger partial charge in [0.25, 0.3) is 0 Å². The standard InChI is InChI=1S/C11H14BrNO3/c1-2-8-7-9(12)3-4-10(8)13-11(15)16-6-5-14/h3-4,7,14H,2,5-6H2,1H3,(H,13,15). The Balaban J connectivity index is 2.69. The Kier molecular flexibility index (Phi) is 5.28. The molecule has 0 spiro atoms. The number of benzene rings is 1. The van der Waals surface area contributed by atoms with E-state index in [1.165, 1.54) is 0 Å². The molecule has 1 aromatic carbocycles. The van der Waals surface area contributed by atoms with Crippen molar-refractivity contribution in [1.82, 2.24) is 0 Å². The Morgan fingerprint density at radius 3 is 2.94 bits per heavy atom. The fourth-order valence-corrected chi connectivity index (χ4v) is 1.67. The van der Waals surface area contributed by atoms with E-state index in [2.05, 4.69) is 21.2 Å². The second-order valence-electron chi connectivity index (χ2n) is 3.14. The fraction of sp³-hybridized carbons (Fsp3) is 0.364. The number of aliphatic hydroxyl groups is 1. The third-order valence-electron chi connectivity index (χ3n) is 2.01. The van der Waals surface area contributed by atoms with Crippen molar-refractivity contribution in [2.24, 2.45) is 0 Å². The molecule has 0 atom stereocenters. The maximum atomic E-state index is 11.3. The molecule has 0 fully saturated rings. The largest absolute Gasteiger partial charge is 0.447 e. The van der Waals surface area contributed by atoms with Gasteiger partial charge in [-0.1, -0.05) is 22.9 Å². The first kappa shape index (κ1) is 13.0. The summed E-state index contributed by atoms with van der Waals surface area (Å²) in [6.07, 6.45) is 0.265. The van der Waals surface area contributed by atoms with E-state index in [0.717, 1.165) is 22.1 Å². The third kappa shape index (κ3) is 3.83. The first-order valence-electron chi connectivity index (χ1n) is 5.00. The zero-order valence-corrected chi connectivity index (χ0v) is 10.6. The van der Waals surface area contributed by atoms with Crippen molar-refractivity contribution in [1.29, 1.82) is 0 Å². The number of anilines is 1. The lowest BCUT2D eigenvalue weighted by atomic mass is 10.1. The monoisotopic (exact) mass is 287 g/mol. The average Bonchev–Trinajstić information content (AvgIpc) is 2.28. The molecule has 1 aromatic rings. The Morgan fingerprint density at radius 1 is 1.56 bits per heavy atom. The molecule has 1 amide bonds. The van der Waals surface area contributed by atoms with E-state index in [1.54, 1.807) is 0 Å². The molecule has 5 heteroatoms. The van der Waals surface area contributed by atoms with Crippen LogP contribution in [0.3, 0.4) is 0 Å². The summed E-state index contributed by atoms with van der Waals surface area (Å²) in [6.45, 7) is 1.84. The van der Waals surface area contributed by atoms with E-state index < -0.39 is 6.09 Å². The lowest BCUT2D eigenvalue weighted by Crippen LogP contribution is -2.16. The number of hydrogen-bond acceptors (Lipinski definition) is 3. The third-order valence-corrected chi connectivity index (χ3v) is 2.50. The molecule has 0 unspecified atom stereocenters. The number of nitrogens with one attached hydrogen (secondary N) is 1. The minimum Gasteiger partial charge on any atom is -0.447 e. The summed E-state index contributed by atoms with van der Waals surface area (Å²) < 4.78 is 5.68. The number of ether oxygens (including phenoxy) is 1. The SMILES string of the molecule is CCc1cc(Br)ccc1NC(=O)OCCO. The van der Waals surface area contributed by atoms with E-state index >= 15 is 0 Å². The molecule has 0 saturated heterocycles. The molecule has 0 aliphatic rings. The van der Waals surface area contributed by atoms with Crippen LogP contribution in [-0.2, 0) is 11.2 Å². The number of rotatable bonds is 4. The van der Waals surface area contributed by atoms with Gasteiger partial charge in [-0.05, 0) is 30.2 Å². The normalized spacial score (nSPS) is 9.94. The molecule has 0 heterocycles. The Morgan fingerprint density at radius 2 is 2.31 bits per heavy atom. The first-order chi connectivity index (χ1) is 7.67. The van der Waals surface area contributed by atoms with E-state index in [0.29, 0.717) is 0 Å². The van der Waals surface area contributed by atoms with Crippen LogP contribution in [-0.4, -0.2) is 24.4 Å². The van der Waals surface area contributed by atoms with Crippen molar-refractivity contribution < 1.29 is 14.6 Å². The lowest BCUT2D eigenvalue weighted by Gasteiger charge is -2.10. The number of aliphatic hydroxyl groups excluding tert-OH is 1. The maximum Gasteiger partial charge on any atom is 0.411 e. The van der Waals surface area contributed by atoms with Crippen LogP contribution in [0.2, 0.25) is 0 Å². The number of halogens is 1. The molecule has 1 rings (SSSR count). The van der Waals surface area contributed by atoms with Gasteiger partial charge in [0.1, 0.15) is 6.61 Å². The molecule has 0 bridgehead atoms. The number of amides is 1. The van der Waals surface area contributed by atoms with Crippen LogP contribution in [0.25, 0.3) is 0 Å². The summed E-state index contributed by atoms with van der Waals surface area (Å²) in [5.41, 5.74) is 1.75. The second-order valence-corrected chi connectivity index (χ2v) is 4.06. The van der Waals surface area contributed by atoms with Crippen molar-refractivity contribution >= 4 is 27.7 Å². The highest BCUT2D eigenvalue weighted by Crippen LogP contribution is 2.21. The van der Waals surface area contributed by atoms with E-state index in [9.17, 15) is 4.79 Å². The van der Waals surface area contributed by atoms with Crippen LogP contribution in [0.15, 0.2) is 22.7 Å². The van der Waals surface area contributed by atoms with Crippen molar-refractivity contribution in [3.05, 3.63) is 28.2 Å². The fourth-order valence-electron chi connectivity index (χ4n) is 1.26. The molecule has 88 valence electrons. The van der Waals surface area contributed by atoms with Gasteiger partial charge in [0.05, 0.1) is 6.61 Å². The summed E-state index contributed by atoms with van der Waals surface area (Å²) in [4.78, 5) is 11.3. The number of carbonyl (C=O) groups is 1. The zero-order valence-electron chi connectivity index (χ0n) is 9.00. The summed E-state index contributed by atoms with van der Waals surface area (Å²) >= 11 is 3.37. The number of hydrogen-bond donors (Lipinski definition) is 2. The molecular weight excluding hydrogens is 274 g/mol. The van der Waals surface area contributed by atoms with Crippen LogP contribution in [0.1, 0.15) is 12.5 Å². The summed E-state index contributed by atoms with van der Waals surface area (Å²) in [5.74, 6) is 0. The second kappa shape index (κ2) is 6.50. The van der Waals surface area contributed by atoms with Crippen molar-refractivity contribution in [2.45, 2.75) is 13.3 Å². The molecule has 4 nitrogen and oxygen atoms in total. The molecular formula is C11H14BrNO3. The Bertz CT molecular complexity index is 368. The predicted molar refractivity (Wildman–Crippen MR) is 65.6 cm³/mol. The molecule has 0 radical (unpaired) electrons. The predicted octanol–water partition coefficient (Wildman–Crippen LogP) is 2.55. The number of carbonyl (C=O) groups excluding carboxylic acids is 1. The van der Waals surface area contributed by atoms with Gasteiger partial charge in [0, 0.05) is 10.2 Å². The molecule has 0 aromatic heterocycles. The lowest BCUT2D eigenvalue weighted by molar-refractivity contribution is 0.131. The van der Waals surface area contributed by atoms with Crippen molar-refractivity contribution in [3.63, 3.8) is 0 Å². The molecule has 16 heavy (non-hydrogen) atoms. The van der Waals surface area contributed by atoms with Gasteiger partial charge >= 0.3 is 6.09 Å². The molecule has 0 saturated carbocycles. The highest BCUT2D eigenvalue weighted by atomic mass is 79.9. The minimum atomic E-state index is -0.550. The van der Waals surface area contributed by atoms with Gasteiger partial charge < -0.3 is 9.84 Å². The molecule has 0 aliphatic heterocycles. The van der Waals surface area contributed by atoms with Gasteiger partial charge in [-0.25, -0.2) is 4.79 Å². The average molecular weight is 288 g/mol. The van der Waals surface area contributed by atoms with Crippen LogP contribution < -0.4 is 5.32 Å². The van der Waals surface area contributed by atoms with Gasteiger partial charge in [-0.2, -0.15) is 0 Å². The van der Waals surface area contributed by atoms with Gasteiger partial charge in [0.2, 0.25) is 0 Å². The first-order valence-corrected chi connectivity index (χ1v) is 5.79. The van der Waals surface area contributed by atoms with Gasteiger partial charge in [-0.15, -0.1) is 0 Å². The molecule has 2 N–H and O–H groups in total. The number of aryl methyl sites for hydroxylation is 1. The summed E-state index contributed by atoms with van der Waals surface area (Å²) in [5, 5.41) is 11.1. The quantitative estimate of drug-likeness (QED) is 0.895. The van der Waals surface area contributed by atoms with Gasteiger partial charge in [0.15, 0.2) is 0 Å². The van der Waals surface area contributed by atoms with Crippen LogP contribution in [0.4, 0.5) is 10.5 Å². The van der Waals surface area contributed by atoms with E-state index in [1.807, 2.05) is 25.1 Å². The van der Waals surface area contributed by atoms with Gasteiger partial charge in [-0.3, -0.25) is 5.32 Å². The van der Waals surface area contributed by atoms with Crippen LogP contribution in [0, 0.1) is 0 Å². The Labute approximate surface area is 103 Å². The van der Waals surface area contributed by atoms with Crippen LogP contribution in [0.5, 0.6) is 0 Å². The summed E-state index contributed by atoms with van der Waals surface area (Å²) in [7, 11) is 0. The Hall–Kier alpha value is -1.07. The maximum absolute atomic E-state index is 11.3. The summed E-state index contributed by atoms with van der Waals surface area (Å²) in [6, 6.07) is 5.60. The topological polar surface area (TPSA) is 58.6 Å². The van der Waals surface area contributed by atoms with Crippen LogP contribution >= 0.6 is 15.9 Å². The van der Waals surface area contributed by atoms with E-state index in [-0.39, 0.29) is 13.2 Å². The van der Waals surface area contributed by atoms with Crippen molar-refractivity contribution in [3.8, 4) is 0 Å². The van der Waals surface area contributed by atoms with E-state index in [4.69, 9.17) is 9.84 Å². The highest BCUT2D eigenvalue weighted by Gasteiger charge is 2.06. The smallest absolute Gasteiger partial charge is 0.411 e. The molecule has 0 aliphatic carbocycles. The minimum absolute atomic E-state index is 0.00379. The van der Waals surface area contributed by atoms with Crippen molar-refractivity contribution in [2.75, 3.05) is 18.5 Å². The zero-order chi connectivity index (χ0) is 12.0. The highest BCUT2D eigenvalue weighted by molar-refractivity contribution is 9.10.